The topological polar surface area (TPSA) is 38.3 Å². The van der Waals surface area contributed by atoms with Crippen LogP contribution in [0.2, 0.25) is 0 Å². The Kier molecular flexibility index (Phi) is 3.05. The molecule has 19 heavy (non-hydrogen) atoms. The van der Waals surface area contributed by atoms with Crippen molar-refractivity contribution in [3.8, 4) is 0 Å². The van der Waals surface area contributed by atoms with E-state index in [-0.39, 0.29) is 11.4 Å². The van der Waals surface area contributed by atoms with Gasteiger partial charge < -0.3 is 10.1 Å². The third-order valence-electron chi connectivity index (χ3n) is 4.40. The molecule has 0 amide bonds. The molecule has 1 aliphatic carbocycles. The molecule has 3 rings (SSSR count). The number of benzene rings is 1. The second-order valence-electron chi connectivity index (χ2n) is 5.44. The Morgan fingerprint density at radius 3 is 2.89 bits per heavy atom. The molecule has 2 aliphatic rings. The van der Waals surface area contributed by atoms with Crippen LogP contribution in [0.25, 0.3) is 0 Å². The molecule has 1 saturated heterocycles. The minimum absolute atomic E-state index is 0.122. The number of aryl methyl sites for hydroxylation is 1. The van der Waals surface area contributed by atoms with E-state index in [9.17, 15) is 4.79 Å². The number of nitrogens with one attached hydrogen (secondary N) is 1. The van der Waals surface area contributed by atoms with E-state index in [1.165, 1.54) is 18.2 Å². The van der Waals surface area contributed by atoms with Crippen molar-refractivity contribution >= 4 is 23.2 Å². The smallest absolute Gasteiger partial charge is 0.337 e. The Hall–Kier alpha value is -1.42. The molecule has 100 valence electrons. The second-order valence-corrected chi connectivity index (χ2v) is 5.85. The van der Waals surface area contributed by atoms with Crippen molar-refractivity contribution in [1.29, 1.82) is 0 Å². The van der Waals surface area contributed by atoms with Crippen molar-refractivity contribution < 1.29 is 9.53 Å². The standard InChI is InChI=1S/C15H17NO2S/c1-18-13(17)11-3-2-10-4-5-15(9-12(10)8-11)6-7-16-14(15)19/h2-3,8H,4-7,9H2,1H3,(H,16,19)/t15-/m1/s1. The van der Waals surface area contributed by atoms with Crippen molar-refractivity contribution in [1.82, 2.24) is 5.32 Å². The van der Waals surface area contributed by atoms with E-state index in [0.717, 1.165) is 37.2 Å². The SMILES string of the molecule is COC(=O)c1ccc2c(c1)C[C@]1(CCNC1=S)CC2. The molecule has 0 unspecified atom stereocenters. The number of thiocarbonyl (C=S) groups is 1. The Balaban J connectivity index is 1.95. The van der Waals surface area contributed by atoms with Crippen molar-refractivity contribution in [2.45, 2.75) is 25.7 Å². The van der Waals surface area contributed by atoms with Gasteiger partial charge in [0.15, 0.2) is 0 Å². The second kappa shape index (κ2) is 4.60. The number of rotatable bonds is 1. The Bertz CT molecular complexity index is 555. The number of carbonyl (C=O) groups is 1. The highest BCUT2D eigenvalue weighted by Gasteiger charge is 2.41. The summed E-state index contributed by atoms with van der Waals surface area (Å²) in [7, 11) is 1.42. The first-order valence-electron chi connectivity index (χ1n) is 6.63. The van der Waals surface area contributed by atoms with Crippen LogP contribution in [0, 0.1) is 5.41 Å². The molecule has 1 aliphatic heterocycles. The van der Waals surface area contributed by atoms with Crippen LogP contribution in [-0.4, -0.2) is 24.6 Å². The van der Waals surface area contributed by atoms with E-state index in [4.69, 9.17) is 17.0 Å². The first kappa shape index (κ1) is 12.6. The number of esters is 1. The van der Waals surface area contributed by atoms with Gasteiger partial charge in [0.05, 0.1) is 17.7 Å². The van der Waals surface area contributed by atoms with Gasteiger partial charge >= 0.3 is 5.97 Å². The van der Waals surface area contributed by atoms with Crippen molar-refractivity contribution in [3.63, 3.8) is 0 Å². The summed E-state index contributed by atoms with van der Waals surface area (Å²) in [6.45, 7) is 0.977. The van der Waals surface area contributed by atoms with Crippen molar-refractivity contribution in [3.05, 3.63) is 34.9 Å². The van der Waals surface area contributed by atoms with E-state index < -0.39 is 0 Å². The number of hydrogen-bond acceptors (Lipinski definition) is 3. The van der Waals surface area contributed by atoms with Gasteiger partial charge in [0.25, 0.3) is 0 Å². The zero-order valence-electron chi connectivity index (χ0n) is 11.0. The summed E-state index contributed by atoms with van der Waals surface area (Å²) in [6, 6.07) is 5.89. The molecule has 1 aromatic rings. The molecule has 4 heteroatoms. The lowest BCUT2D eigenvalue weighted by Crippen LogP contribution is -2.35. The number of hydrogen-bond donors (Lipinski definition) is 1. The number of ether oxygens (including phenoxy) is 1. The summed E-state index contributed by atoms with van der Waals surface area (Å²) in [4.78, 5) is 12.6. The predicted molar refractivity (Wildman–Crippen MR) is 77.5 cm³/mol. The molecule has 1 heterocycles. The van der Waals surface area contributed by atoms with Crippen LogP contribution >= 0.6 is 12.2 Å². The monoisotopic (exact) mass is 275 g/mol. The average molecular weight is 275 g/mol. The highest BCUT2D eigenvalue weighted by molar-refractivity contribution is 7.80. The quantitative estimate of drug-likeness (QED) is 0.630. The zero-order chi connectivity index (χ0) is 13.5. The van der Waals surface area contributed by atoms with E-state index >= 15 is 0 Å². The molecular formula is C15H17NO2S. The molecular weight excluding hydrogens is 258 g/mol. The maximum Gasteiger partial charge on any atom is 0.337 e. The van der Waals surface area contributed by atoms with E-state index in [1.807, 2.05) is 12.1 Å². The highest BCUT2D eigenvalue weighted by atomic mass is 32.1. The van der Waals surface area contributed by atoms with Gasteiger partial charge in [-0.05, 0) is 48.9 Å². The molecule has 1 aromatic carbocycles. The summed E-state index contributed by atoms with van der Waals surface area (Å²) in [5, 5.41) is 3.30. The van der Waals surface area contributed by atoms with Gasteiger partial charge in [0, 0.05) is 12.0 Å². The van der Waals surface area contributed by atoms with Crippen LogP contribution in [0.15, 0.2) is 18.2 Å². The Labute approximate surface area is 118 Å². The fraction of sp³-hybridized carbons (Fsp3) is 0.467. The lowest BCUT2D eigenvalue weighted by molar-refractivity contribution is 0.0600. The first-order chi connectivity index (χ1) is 9.14. The van der Waals surface area contributed by atoms with Gasteiger partial charge in [-0.3, -0.25) is 0 Å². The molecule has 0 bridgehead atoms. The molecule has 1 spiro atoms. The van der Waals surface area contributed by atoms with Crippen LogP contribution < -0.4 is 5.32 Å². The van der Waals surface area contributed by atoms with Gasteiger partial charge in [-0.15, -0.1) is 0 Å². The summed E-state index contributed by atoms with van der Waals surface area (Å²) >= 11 is 5.48. The number of fused-ring (bicyclic) bond motifs is 1. The molecule has 1 fully saturated rings. The summed E-state index contributed by atoms with van der Waals surface area (Å²) in [6.07, 6.45) is 4.20. The van der Waals surface area contributed by atoms with Crippen LogP contribution in [0.5, 0.6) is 0 Å². The van der Waals surface area contributed by atoms with Crippen LogP contribution in [0.3, 0.4) is 0 Å². The molecule has 3 nitrogen and oxygen atoms in total. The third kappa shape index (κ3) is 2.04. The van der Waals surface area contributed by atoms with Gasteiger partial charge in [-0.25, -0.2) is 4.79 Å². The Morgan fingerprint density at radius 2 is 2.21 bits per heavy atom. The lowest BCUT2D eigenvalue weighted by atomic mass is 9.71. The van der Waals surface area contributed by atoms with E-state index in [2.05, 4.69) is 11.4 Å². The van der Waals surface area contributed by atoms with E-state index in [0.29, 0.717) is 5.56 Å². The summed E-state index contributed by atoms with van der Waals surface area (Å²) in [5.41, 5.74) is 3.35. The molecule has 0 radical (unpaired) electrons. The normalized spacial score (nSPS) is 25.0. The van der Waals surface area contributed by atoms with Gasteiger partial charge in [-0.1, -0.05) is 18.3 Å². The average Bonchev–Trinajstić information content (AvgIpc) is 2.78. The summed E-state index contributed by atoms with van der Waals surface area (Å²) in [5.74, 6) is -0.269. The fourth-order valence-corrected chi connectivity index (χ4v) is 3.61. The minimum atomic E-state index is -0.269. The minimum Gasteiger partial charge on any atom is -0.465 e. The lowest BCUT2D eigenvalue weighted by Gasteiger charge is -2.34. The number of carbonyl (C=O) groups excluding carboxylic acids is 1. The highest BCUT2D eigenvalue weighted by Crippen LogP contribution is 2.41. The largest absolute Gasteiger partial charge is 0.465 e. The van der Waals surface area contributed by atoms with Crippen molar-refractivity contribution in [2.24, 2.45) is 5.41 Å². The zero-order valence-corrected chi connectivity index (χ0v) is 11.8. The molecule has 0 saturated carbocycles. The third-order valence-corrected chi connectivity index (χ3v) is 4.98. The Morgan fingerprint density at radius 1 is 1.37 bits per heavy atom. The van der Waals surface area contributed by atoms with Gasteiger partial charge in [0.1, 0.15) is 0 Å². The predicted octanol–water partition coefficient (Wildman–Crippen LogP) is 2.27. The number of methoxy groups -OCH3 is 1. The molecule has 1 N–H and O–H groups in total. The molecule has 1 atom stereocenters. The van der Waals surface area contributed by atoms with Crippen molar-refractivity contribution in [2.75, 3.05) is 13.7 Å². The fourth-order valence-electron chi connectivity index (χ4n) is 3.23. The first-order valence-corrected chi connectivity index (χ1v) is 7.04. The van der Waals surface area contributed by atoms with Crippen LogP contribution in [-0.2, 0) is 17.6 Å². The van der Waals surface area contributed by atoms with Gasteiger partial charge in [0.2, 0.25) is 0 Å². The maximum atomic E-state index is 11.6. The molecule has 0 aromatic heterocycles. The van der Waals surface area contributed by atoms with Crippen LogP contribution in [0.1, 0.15) is 34.3 Å². The maximum absolute atomic E-state index is 11.6. The van der Waals surface area contributed by atoms with Gasteiger partial charge in [-0.2, -0.15) is 0 Å². The van der Waals surface area contributed by atoms with E-state index in [1.54, 1.807) is 0 Å². The summed E-state index contributed by atoms with van der Waals surface area (Å²) < 4.78 is 4.79. The van der Waals surface area contributed by atoms with Crippen LogP contribution in [0.4, 0.5) is 0 Å².